The molecule has 0 aliphatic heterocycles. The summed E-state index contributed by atoms with van der Waals surface area (Å²) in [4.78, 5) is 0. The molecule has 3 nitrogen and oxygen atoms in total. The number of hydrogen-bond acceptors (Lipinski definition) is 3. The largest absolute Gasteiger partial charge is 0.392 e. The van der Waals surface area contributed by atoms with Crippen LogP contribution in [-0.2, 0) is 13.0 Å². The summed E-state index contributed by atoms with van der Waals surface area (Å²) in [5, 5.41) is 21.8. The molecule has 0 atom stereocenters. The van der Waals surface area contributed by atoms with Gasteiger partial charge in [-0.15, -0.1) is 0 Å². The van der Waals surface area contributed by atoms with Gasteiger partial charge >= 0.3 is 0 Å². The van der Waals surface area contributed by atoms with Crippen molar-refractivity contribution in [2.24, 2.45) is 0 Å². The third kappa shape index (κ3) is 3.51. The van der Waals surface area contributed by atoms with E-state index in [4.69, 9.17) is 22.0 Å². The van der Waals surface area contributed by atoms with Crippen LogP contribution in [-0.4, -0.2) is 11.7 Å². The van der Waals surface area contributed by atoms with E-state index in [1.165, 1.54) is 5.56 Å². The molecule has 0 aliphatic rings. The first-order chi connectivity index (χ1) is 9.74. The average Bonchev–Trinajstić information content (AvgIpc) is 2.49. The normalized spacial score (nSPS) is 10.1. The van der Waals surface area contributed by atoms with Gasteiger partial charge < -0.3 is 10.4 Å². The molecule has 0 saturated carbocycles. The maximum absolute atomic E-state index is 9.04. The van der Waals surface area contributed by atoms with E-state index in [1.54, 1.807) is 18.2 Å². The third-order valence-electron chi connectivity index (χ3n) is 3.06. The average molecular weight is 287 g/mol. The maximum atomic E-state index is 9.04. The number of rotatable bonds is 5. The lowest BCUT2D eigenvalue weighted by Gasteiger charge is -2.10. The van der Waals surface area contributed by atoms with E-state index in [0.29, 0.717) is 22.8 Å². The van der Waals surface area contributed by atoms with Crippen LogP contribution in [0.15, 0.2) is 42.5 Å². The van der Waals surface area contributed by atoms with Crippen LogP contribution >= 0.6 is 11.6 Å². The first-order valence-corrected chi connectivity index (χ1v) is 6.73. The molecule has 0 saturated heterocycles. The third-order valence-corrected chi connectivity index (χ3v) is 3.37. The molecule has 0 radical (unpaired) electrons. The minimum absolute atomic E-state index is 0.0592. The van der Waals surface area contributed by atoms with Crippen LogP contribution < -0.4 is 5.32 Å². The molecule has 2 aromatic carbocycles. The van der Waals surface area contributed by atoms with E-state index >= 15 is 0 Å². The molecule has 0 heterocycles. The zero-order valence-electron chi connectivity index (χ0n) is 10.9. The Labute approximate surface area is 123 Å². The molecule has 0 aromatic heterocycles. The zero-order valence-corrected chi connectivity index (χ0v) is 11.7. The van der Waals surface area contributed by atoms with E-state index in [-0.39, 0.29) is 6.61 Å². The number of aliphatic hydroxyl groups is 1. The number of benzene rings is 2. The monoisotopic (exact) mass is 286 g/mol. The summed E-state index contributed by atoms with van der Waals surface area (Å²) in [6.07, 6.45) is 0.821. The summed E-state index contributed by atoms with van der Waals surface area (Å²) in [6.45, 7) is 0.751. The summed E-state index contributed by atoms with van der Waals surface area (Å²) >= 11 is 6.09. The van der Waals surface area contributed by atoms with Gasteiger partial charge in [-0.1, -0.05) is 41.9 Å². The van der Waals surface area contributed by atoms with Gasteiger partial charge in [0.15, 0.2) is 0 Å². The van der Waals surface area contributed by atoms with E-state index in [9.17, 15) is 0 Å². The topological polar surface area (TPSA) is 56.0 Å². The fraction of sp³-hybridized carbons (Fsp3) is 0.188. The van der Waals surface area contributed by atoms with Crippen LogP contribution in [0.4, 0.5) is 5.69 Å². The van der Waals surface area contributed by atoms with Crippen LogP contribution in [0.2, 0.25) is 5.02 Å². The predicted molar refractivity (Wildman–Crippen MR) is 80.7 cm³/mol. The van der Waals surface area contributed by atoms with Crippen molar-refractivity contribution in [3.8, 4) is 6.07 Å². The quantitative estimate of drug-likeness (QED) is 0.886. The van der Waals surface area contributed by atoms with Gasteiger partial charge in [-0.25, -0.2) is 0 Å². The Morgan fingerprint density at radius 3 is 2.45 bits per heavy atom. The van der Waals surface area contributed by atoms with Crippen LogP contribution in [0, 0.1) is 11.3 Å². The minimum atomic E-state index is 0.0592. The molecule has 0 aliphatic carbocycles. The number of halogens is 1. The van der Waals surface area contributed by atoms with Crippen molar-refractivity contribution in [1.29, 1.82) is 5.26 Å². The lowest BCUT2D eigenvalue weighted by molar-refractivity contribution is 0.282. The number of para-hydroxylation sites is 1. The van der Waals surface area contributed by atoms with E-state index in [2.05, 4.69) is 11.4 Å². The molecule has 0 amide bonds. The summed E-state index contributed by atoms with van der Waals surface area (Å²) in [5.74, 6) is 0. The first kappa shape index (κ1) is 14.4. The van der Waals surface area contributed by atoms with Crippen molar-refractivity contribution >= 4 is 17.3 Å². The SMILES string of the molecule is N#Cc1cccc(Cl)c1NCCc1ccc(CO)cc1. The van der Waals surface area contributed by atoms with Crippen molar-refractivity contribution in [3.05, 3.63) is 64.2 Å². The van der Waals surface area contributed by atoms with Gasteiger partial charge in [0, 0.05) is 6.54 Å². The fourth-order valence-electron chi connectivity index (χ4n) is 1.94. The highest BCUT2D eigenvalue weighted by atomic mass is 35.5. The van der Waals surface area contributed by atoms with Gasteiger partial charge in [0.05, 0.1) is 22.9 Å². The van der Waals surface area contributed by atoms with Crippen molar-refractivity contribution in [3.63, 3.8) is 0 Å². The van der Waals surface area contributed by atoms with Gasteiger partial charge in [0.2, 0.25) is 0 Å². The molecular weight excluding hydrogens is 272 g/mol. The van der Waals surface area contributed by atoms with Crippen LogP contribution in [0.1, 0.15) is 16.7 Å². The number of nitriles is 1. The number of hydrogen-bond donors (Lipinski definition) is 2. The highest BCUT2D eigenvalue weighted by molar-refractivity contribution is 6.33. The fourth-order valence-corrected chi connectivity index (χ4v) is 2.18. The van der Waals surface area contributed by atoms with Crippen molar-refractivity contribution in [1.82, 2.24) is 0 Å². The van der Waals surface area contributed by atoms with Crippen LogP contribution in [0.3, 0.4) is 0 Å². The molecule has 0 unspecified atom stereocenters. The molecule has 20 heavy (non-hydrogen) atoms. The summed E-state index contributed by atoms with van der Waals surface area (Å²) in [5.41, 5.74) is 3.30. The minimum Gasteiger partial charge on any atom is -0.392 e. The smallest absolute Gasteiger partial charge is 0.101 e. The van der Waals surface area contributed by atoms with Crippen molar-refractivity contribution in [2.75, 3.05) is 11.9 Å². The van der Waals surface area contributed by atoms with Gasteiger partial charge in [0.25, 0.3) is 0 Å². The van der Waals surface area contributed by atoms with E-state index in [0.717, 1.165) is 12.0 Å². The second-order valence-corrected chi connectivity index (χ2v) is 4.83. The second-order valence-electron chi connectivity index (χ2n) is 4.43. The van der Waals surface area contributed by atoms with Crippen molar-refractivity contribution < 1.29 is 5.11 Å². The highest BCUT2D eigenvalue weighted by Gasteiger charge is 2.05. The van der Waals surface area contributed by atoms with E-state index < -0.39 is 0 Å². The molecule has 0 bridgehead atoms. The molecule has 0 fully saturated rings. The molecule has 4 heteroatoms. The van der Waals surface area contributed by atoms with Gasteiger partial charge in [-0.2, -0.15) is 5.26 Å². The Balaban J connectivity index is 1.97. The highest BCUT2D eigenvalue weighted by Crippen LogP contribution is 2.25. The number of aliphatic hydroxyl groups excluding tert-OH is 1. The molecule has 102 valence electrons. The molecule has 2 rings (SSSR count). The number of nitrogens with one attached hydrogen (secondary N) is 1. The van der Waals surface area contributed by atoms with Gasteiger partial charge in [0.1, 0.15) is 6.07 Å². The predicted octanol–water partition coefficient (Wildman–Crippen LogP) is 3.36. The van der Waals surface area contributed by atoms with Gasteiger partial charge in [-0.05, 0) is 29.7 Å². The molecular formula is C16H15ClN2O. The van der Waals surface area contributed by atoms with Crippen molar-refractivity contribution in [2.45, 2.75) is 13.0 Å². The van der Waals surface area contributed by atoms with Gasteiger partial charge in [-0.3, -0.25) is 0 Å². The number of anilines is 1. The Hall–Kier alpha value is -2.02. The first-order valence-electron chi connectivity index (χ1n) is 6.35. The molecule has 2 N–H and O–H groups in total. The Morgan fingerprint density at radius 1 is 1.10 bits per heavy atom. The van der Waals surface area contributed by atoms with Crippen LogP contribution in [0.25, 0.3) is 0 Å². The Morgan fingerprint density at radius 2 is 1.80 bits per heavy atom. The summed E-state index contributed by atoms with van der Waals surface area (Å²) in [7, 11) is 0. The lowest BCUT2D eigenvalue weighted by Crippen LogP contribution is -2.06. The Kier molecular flexibility index (Phi) is 5.00. The number of nitrogens with zero attached hydrogens (tertiary/aromatic N) is 1. The molecule has 0 spiro atoms. The summed E-state index contributed by atoms with van der Waals surface area (Å²) in [6, 6.07) is 15.2. The molecule has 2 aromatic rings. The van der Waals surface area contributed by atoms with E-state index in [1.807, 2.05) is 24.3 Å². The second kappa shape index (κ2) is 6.95. The van der Waals surface area contributed by atoms with Crippen LogP contribution in [0.5, 0.6) is 0 Å². The maximum Gasteiger partial charge on any atom is 0.101 e. The Bertz CT molecular complexity index is 617. The standard InChI is InChI=1S/C16H15ClN2O/c17-15-3-1-2-14(10-18)16(15)19-9-8-12-4-6-13(11-20)7-5-12/h1-7,19-20H,8-9,11H2. The zero-order chi connectivity index (χ0) is 14.4. The lowest BCUT2D eigenvalue weighted by atomic mass is 10.1. The summed E-state index contributed by atoms with van der Waals surface area (Å²) < 4.78 is 0.